The van der Waals surface area contributed by atoms with E-state index in [1.807, 2.05) is 60.7 Å². The van der Waals surface area contributed by atoms with Crippen LogP contribution >= 0.6 is 0 Å². The van der Waals surface area contributed by atoms with Crippen molar-refractivity contribution in [2.75, 3.05) is 5.32 Å². The Hall–Kier alpha value is -3.47. The van der Waals surface area contributed by atoms with Gasteiger partial charge in [-0.05, 0) is 24.3 Å². The van der Waals surface area contributed by atoms with Gasteiger partial charge in [-0.1, -0.05) is 36.4 Å². The van der Waals surface area contributed by atoms with E-state index in [0.717, 1.165) is 16.6 Å². The van der Waals surface area contributed by atoms with E-state index in [9.17, 15) is 4.79 Å². The molecule has 0 aliphatic rings. The molecule has 1 amide bonds. The summed E-state index contributed by atoms with van der Waals surface area (Å²) in [5.74, 6) is -0.214. The number of amides is 1. The Bertz CT molecular complexity index is 1010. The average Bonchev–Trinajstić information content (AvgIpc) is 3.13. The number of fused-ring (bicyclic) bond motifs is 1. The van der Waals surface area contributed by atoms with Crippen LogP contribution in [0.25, 0.3) is 16.6 Å². The van der Waals surface area contributed by atoms with Crippen LogP contribution in [0, 0.1) is 0 Å². The lowest BCUT2D eigenvalue weighted by atomic mass is 10.2. The van der Waals surface area contributed by atoms with Crippen molar-refractivity contribution in [2.24, 2.45) is 0 Å². The van der Waals surface area contributed by atoms with Crippen molar-refractivity contribution < 1.29 is 4.79 Å². The molecule has 4 aromatic rings. The fourth-order valence-electron chi connectivity index (χ4n) is 2.50. The maximum atomic E-state index is 12.4. The number of anilines is 1. The number of hydrogen-bond donors (Lipinski definition) is 1. The number of benzene rings is 2. The molecule has 0 saturated carbocycles. The van der Waals surface area contributed by atoms with Gasteiger partial charge in [0.2, 0.25) is 0 Å². The lowest BCUT2D eigenvalue weighted by Crippen LogP contribution is -2.11. The number of carbonyl (C=O) groups is 1. The molecule has 0 radical (unpaired) electrons. The lowest BCUT2D eigenvalue weighted by molar-refractivity contribution is 0.102. The molecule has 0 atom stereocenters. The summed E-state index contributed by atoms with van der Waals surface area (Å²) < 4.78 is 1.67. The van der Waals surface area contributed by atoms with E-state index in [1.54, 1.807) is 23.3 Å². The maximum Gasteiger partial charge on any atom is 0.258 e. The van der Waals surface area contributed by atoms with Crippen LogP contribution in [0.1, 0.15) is 10.4 Å². The maximum absolute atomic E-state index is 12.4. The monoisotopic (exact) mass is 314 g/mol. The second-order valence-electron chi connectivity index (χ2n) is 5.38. The highest BCUT2D eigenvalue weighted by atomic mass is 16.1. The van der Waals surface area contributed by atoms with Crippen molar-refractivity contribution >= 4 is 22.5 Å². The smallest absolute Gasteiger partial charge is 0.258 e. The molecule has 4 rings (SSSR count). The van der Waals surface area contributed by atoms with Gasteiger partial charge in [-0.15, -0.1) is 0 Å². The Morgan fingerprint density at radius 1 is 0.958 bits per heavy atom. The van der Waals surface area contributed by atoms with Crippen LogP contribution < -0.4 is 5.32 Å². The summed E-state index contributed by atoms with van der Waals surface area (Å²) >= 11 is 0. The highest BCUT2D eigenvalue weighted by Crippen LogP contribution is 2.17. The number of nitrogens with zero attached hydrogens (tertiary/aromatic N) is 3. The van der Waals surface area contributed by atoms with Crippen molar-refractivity contribution in [3.63, 3.8) is 0 Å². The van der Waals surface area contributed by atoms with Gasteiger partial charge in [-0.25, -0.2) is 4.68 Å². The first kappa shape index (κ1) is 14.1. The van der Waals surface area contributed by atoms with Gasteiger partial charge in [-0.2, -0.15) is 5.10 Å². The number of nitrogens with one attached hydrogen (secondary N) is 1. The quantitative estimate of drug-likeness (QED) is 0.627. The lowest BCUT2D eigenvalue weighted by Gasteiger charge is -2.04. The number of aromatic nitrogens is 3. The van der Waals surface area contributed by atoms with Gasteiger partial charge in [0.25, 0.3) is 5.91 Å². The minimum Gasteiger partial charge on any atom is -0.320 e. The summed E-state index contributed by atoms with van der Waals surface area (Å²) in [5, 5.41) is 8.08. The Balaban J connectivity index is 1.56. The van der Waals surface area contributed by atoms with Crippen molar-refractivity contribution in [1.29, 1.82) is 0 Å². The van der Waals surface area contributed by atoms with E-state index in [2.05, 4.69) is 15.4 Å². The minimum absolute atomic E-state index is 0.214. The van der Waals surface area contributed by atoms with Crippen LogP contribution in [0.2, 0.25) is 0 Å². The molecule has 0 spiro atoms. The van der Waals surface area contributed by atoms with Gasteiger partial charge in [0.05, 0.1) is 34.8 Å². The van der Waals surface area contributed by atoms with E-state index < -0.39 is 0 Å². The predicted molar refractivity (Wildman–Crippen MR) is 93.3 cm³/mol. The van der Waals surface area contributed by atoms with Gasteiger partial charge in [0, 0.05) is 11.6 Å². The molecule has 24 heavy (non-hydrogen) atoms. The SMILES string of the molecule is O=C(Nc1cnc2ccccc2c1)c1cnn(-c2ccccc2)c1. The molecule has 2 aromatic heterocycles. The molecule has 0 bridgehead atoms. The Labute approximate surface area is 138 Å². The molecule has 2 aromatic carbocycles. The van der Waals surface area contributed by atoms with Gasteiger partial charge in [0.1, 0.15) is 0 Å². The third kappa shape index (κ3) is 2.75. The zero-order valence-corrected chi connectivity index (χ0v) is 12.8. The number of rotatable bonds is 3. The van der Waals surface area contributed by atoms with Crippen molar-refractivity contribution in [2.45, 2.75) is 0 Å². The van der Waals surface area contributed by atoms with Gasteiger partial charge in [-0.3, -0.25) is 9.78 Å². The second kappa shape index (κ2) is 5.96. The highest BCUT2D eigenvalue weighted by Gasteiger charge is 2.10. The topological polar surface area (TPSA) is 59.8 Å². The fourth-order valence-corrected chi connectivity index (χ4v) is 2.50. The van der Waals surface area contributed by atoms with Gasteiger partial charge >= 0.3 is 0 Å². The van der Waals surface area contributed by atoms with Crippen molar-refractivity contribution in [1.82, 2.24) is 14.8 Å². The van der Waals surface area contributed by atoms with Crippen LogP contribution in [0.15, 0.2) is 79.3 Å². The van der Waals surface area contributed by atoms with E-state index in [-0.39, 0.29) is 5.91 Å². The van der Waals surface area contributed by atoms with Crippen LogP contribution in [-0.4, -0.2) is 20.7 Å². The highest BCUT2D eigenvalue weighted by molar-refractivity contribution is 6.04. The first-order valence-electron chi connectivity index (χ1n) is 7.56. The number of carbonyl (C=O) groups excluding carboxylic acids is 1. The summed E-state index contributed by atoms with van der Waals surface area (Å²) in [6.45, 7) is 0. The molecule has 0 fully saturated rings. The Kier molecular flexibility index (Phi) is 3.51. The molecule has 0 aliphatic heterocycles. The summed E-state index contributed by atoms with van der Waals surface area (Å²) in [6, 6.07) is 19.3. The van der Waals surface area contributed by atoms with E-state index in [4.69, 9.17) is 0 Å². The fraction of sp³-hybridized carbons (Fsp3) is 0. The molecular weight excluding hydrogens is 300 g/mol. The Morgan fingerprint density at radius 3 is 2.62 bits per heavy atom. The standard InChI is InChI=1S/C19H14N4O/c24-19(15-11-21-23(13-15)17-7-2-1-3-8-17)22-16-10-14-6-4-5-9-18(14)20-12-16/h1-13H,(H,22,24). The van der Waals surface area contributed by atoms with E-state index in [1.165, 1.54) is 0 Å². The summed E-state index contributed by atoms with van der Waals surface area (Å²) in [5.41, 5.74) is 2.95. The normalized spacial score (nSPS) is 10.7. The van der Waals surface area contributed by atoms with Crippen LogP contribution in [0.4, 0.5) is 5.69 Å². The molecule has 1 N–H and O–H groups in total. The minimum atomic E-state index is -0.214. The average molecular weight is 314 g/mol. The number of hydrogen-bond acceptors (Lipinski definition) is 3. The number of pyridine rings is 1. The summed E-state index contributed by atoms with van der Waals surface area (Å²) in [6.07, 6.45) is 4.91. The van der Waals surface area contributed by atoms with E-state index in [0.29, 0.717) is 11.3 Å². The second-order valence-corrected chi connectivity index (χ2v) is 5.38. The largest absolute Gasteiger partial charge is 0.320 e. The molecule has 0 unspecified atom stereocenters. The van der Waals surface area contributed by atoms with Crippen LogP contribution in [-0.2, 0) is 0 Å². The first-order valence-corrected chi connectivity index (χ1v) is 7.56. The molecule has 5 heteroatoms. The van der Waals surface area contributed by atoms with Crippen LogP contribution in [0.5, 0.6) is 0 Å². The third-order valence-corrected chi connectivity index (χ3v) is 3.71. The molecule has 0 saturated heterocycles. The molecule has 5 nitrogen and oxygen atoms in total. The molecule has 2 heterocycles. The molecule has 116 valence electrons. The van der Waals surface area contributed by atoms with Crippen molar-refractivity contribution in [3.8, 4) is 5.69 Å². The third-order valence-electron chi connectivity index (χ3n) is 3.71. The van der Waals surface area contributed by atoms with Gasteiger partial charge in [0.15, 0.2) is 0 Å². The molecular formula is C19H14N4O. The predicted octanol–water partition coefficient (Wildman–Crippen LogP) is 3.67. The molecule has 0 aliphatic carbocycles. The van der Waals surface area contributed by atoms with Crippen LogP contribution in [0.3, 0.4) is 0 Å². The first-order chi connectivity index (χ1) is 11.8. The zero-order chi connectivity index (χ0) is 16.4. The Morgan fingerprint density at radius 2 is 1.75 bits per heavy atom. The van der Waals surface area contributed by atoms with Gasteiger partial charge < -0.3 is 5.32 Å². The summed E-state index contributed by atoms with van der Waals surface area (Å²) in [4.78, 5) is 16.7. The zero-order valence-electron chi connectivity index (χ0n) is 12.8. The number of para-hydroxylation sites is 2. The summed E-state index contributed by atoms with van der Waals surface area (Å²) in [7, 11) is 0. The van der Waals surface area contributed by atoms with E-state index >= 15 is 0 Å². The van der Waals surface area contributed by atoms with Crippen molar-refractivity contribution in [3.05, 3.63) is 84.8 Å².